The lowest BCUT2D eigenvalue weighted by Gasteiger charge is -2.36. The molecule has 4 heterocycles. The van der Waals surface area contributed by atoms with Crippen LogP contribution in [0.1, 0.15) is 108 Å². The highest BCUT2D eigenvalue weighted by Gasteiger charge is 2.34. The molecule has 0 saturated heterocycles. The number of aryl methyl sites for hydroxylation is 2. The number of amides is 5. The Bertz CT molecular complexity index is 3170. The van der Waals surface area contributed by atoms with Gasteiger partial charge in [-0.25, -0.2) is 0 Å². The first-order chi connectivity index (χ1) is 45.5. The van der Waals surface area contributed by atoms with Crippen molar-refractivity contribution in [2.24, 2.45) is 0 Å². The number of aliphatic hydroxyl groups excluding tert-OH is 11. The smallest absolute Gasteiger partial charge is 0.272 e. The van der Waals surface area contributed by atoms with E-state index < -0.39 is 117 Å². The largest absolute Gasteiger partial charge is 0.512 e. The Morgan fingerprint density at radius 1 is 0.568 bits per heavy atom. The number of aromatic hydroxyl groups is 3. The maximum absolute atomic E-state index is 14.2. The minimum atomic E-state index is -2.07. The second-order valence-electron chi connectivity index (χ2n) is 20.3. The number of aromatic nitrogens is 6. The van der Waals surface area contributed by atoms with Crippen molar-refractivity contribution in [3.63, 3.8) is 0 Å². The lowest BCUT2D eigenvalue weighted by Crippen LogP contribution is -2.50. The average Bonchev–Trinajstić information content (AvgIpc) is 1.31. The van der Waals surface area contributed by atoms with E-state index in [1.165, 1.54) is 19.4 Å². The highest BCUT2D eigenvalue weighted by Crippen LogP contribution is 2.27. The topological polar surface area (TPSA) is 562 Å². The predicted octanol–water partition coefficient (Wildman–Crippen LogP) is -0.858. The van der Waals surface area contributed by atoms with Crippen molar-refractivity contribution in [1.29, 1.82) is 0 Å². The van der Waals surface area contributed by atoms with E-state index in [1.807, 2.05) is 0 Å². The van der Waals surface area contributed by atoms with Gasteiger partial charge in [0.2, 0.25) is 28.1 Å². The van der Waals surface area contributed by atoms with Gasteiger partial charge in [0.05, 0.1) is 18.8 Å². The number of nitrogens with zero attached hydrogens (tertiary/aromatic N) is 6. The van der Waals surface area contributed by atoms with Gasteiger partial charge in [-0.3, -0.25) is 43.0 Å². The lowest BCUT2D eigenvalue weighted by atomic mass is 9.83. The molecule has 0 fully saturated rings. The number of hydrogen-bond donors (Lipinski definition) is 19. The van der Waals surface area contributed by atoms with Crippen molar-refractivity contribution in [2.45, 2.75) is 134 Å². The molecule has 0 radical (unpaired) electrons. The Morgan fingerprint density at radius 3 is 1.42 bits per heavy atom. The highest BCUT2D eigenvalue weighted by atomic mass is 16.7. The fourth-order valence-corrected chi connectivity index (χ4v) is 8.90. The summed E-state index contributed by atoms with van der Waals surface area (Å²) in [7, 11) is 1.53. The number of carbonyl (C=O) groups excluding carboxylic acids is 5. The molecule has 19 N–H and O–H groups in total. The van der Waals surface area contributed by atoms with E-state index in [9.17, 15) is 79.2 Å². The number of hydrogen-bond acceptors (Lipinski definition) is 28. The number of nitrogens with one attached hydrogen (secondary N) is 5. The molecule has 4 aromatic rings. The van der Waals surface area contributed by atoms with Crippen molar-refractivity contribution in [3.8, 4) is 17.2 Å². The maximum Gasteiger partial charge on any atom is 0.272 e. The standard InChI is InChI=1S/C54H77N11O22.2C2H4O2/c1-55-41(74)10-9-35-28-65(61-60-35)20-4-2-3-8-42(75)59-54(15-6-18-57-52(82)44-47(77)37(70)12-22-63(44)31-86-33-84-26-24-66,16-7-19-58-53(83)45-48(78)38(71)13-23-64(45)32-87-34-85-27-25-67)14-5-17-56-51(81)43-46(76)36(69)11-21-62(43)29-39(72)49(79)50(80)40(73)30-68;2*3-1-2-4/h11-13,21-28,39-40,49-50,66-68,72-73,76-80H,2-10,14-20,29-34H2,1H3,(H,55,74)(H,56,81)(H,57,82)(H,58,83)(H,59,75);2*1-4H/b26-24+,27-25+;2*2-1+. The van der Waals surface area contributed by atoms with Crippen LogP contribution < -0.4 is 42.9 Å². The summed E-state index contributed by atoms with van der Waals surface area (Å²) in [6.45, 7) is -3.26. The summed E-state index contributed by atoms with van der Waals surface area (Å²) in [6.07, 6.45) is 5.17. The van der Waals surface area contributed by atoms with Gasteiger partial charge in [-0.2, -0.15) is 0 Å². The summed E-state index contributed by atoms with van der Waals surface area (Å²) >= 11 is 0. The van der Waals surface area contributed by atoms with Gasteiger partial charge in [0, 0.05) is 101 Å². The minimum absolute atomic E-state index is 0.00443. The number of pyridine rings is 3. The van der Waals surface area contributed by atoms with Gasteiger partial charge in [0.25, 0.3) is 17.7 Å². The Hall–Kier alpha value is -10.2. The molecule has 528 valence electrons. The van der Waals surface area contributed by atoms with Crippen LogP contribution in [0.2, 0.25) is 0 Å². The molecule has 37 heteroatoms. The van der Waals surface area contributed by atoms with E-state index in [-0.39, 0.29) is 104 Å². The quantitative estimate of drug-likeness (QED) is 0.0146. The van der Waals surface area contributed by atoms with Gasteiger partial charge in [-0.1, -0.05) is 11.6 Å². The maximum atomic E-state index is 14.2. The zero-order valence-electron chi connectivity index (χ0n) is 51.9. The molecule has 4 rings (SSSR count). The van der Waals surface area contributed by atoms with Crippen LogP contribution in [0, 0.1) is 0 Å². The van der Waals surface area contributed by atoms with Crippen LogP contribution in [0.15, 0.2) is 107 Å². The number of aliphatic hydroxyl groups is 11. The van der Waals surface area contributed by atoms with Crippen molar-refractivity contribution >= 4 is 29.5 Å². The van der Waals surface area contributed by atoms with Crippen LogP contribution in [0.4, 0.5) is 0 Å². The third-order valence-corrected chi connectivity index (χ3v) is 13.5. The van der Waals surface area contributed by atoms with E-state index in [0.29, 0.717) is 75.5 Å². The molecule has 0 bridgehead atoms. The monoisotopic (exact) mass is 1350 g/mol. The number of rotatable bonds is 41. The van der Waals surface area contributed by atoms with Crippen LogP contribution in [-0.2, 0) is 61.5 Å². The third kappa shape index (κ3) is 28.7. The highest BCUT2D eigenvalue weighted by molar-refractivity contribution is 5.96. The summed E-state index contributed by atoms with van der Waals surface area (Å²) in [5.41, 5.74) is -4.97. The van der Waals surface area contributed by atoms with Crippen molar-refractivity contribution in [1.82, 2.24) is 55.3 Å². The van der Waals surface area contributed by atoms with Crippen LogP contribution in [0.3, 0.4) is 0 Å². The van der Waals surface area contributed by atoms with Gasteiger partial charge >= 0.3 is 0 Å². The molecule has 0 saturated carbocycles. The summed E-state index contributed by atoms with van der Waals surface area (Å²) in [6, 6.07) is 2.87. The van der Waals surface area contributed by atoms with E-state index in [2.05, 4.69) is 36.9 Å². The molecule has 37 nitrogen and oxygen atoms in total. The molecule has 0 aliphatic carbocycles. The number of unbranched alkanes of at least 4 members (excludes halogenated alkanes) is 2. The number of ether oxygens (including phenoxy) is 4. The Balaban J connectivity index is 0.00000362. The second-order valence-corrected chi connectivity index (χ2v) is 20.3. The van der Waals surface area contributed by atoms with E-state index >= 15 is 0 Å². The summed E-state index contributed by atoms with van der Waals surface area (Å²) in [4.78, 5) is 105. The van der Waals surface area contributed by atoms with Crippen LogP contribution in [-0.4, -0.2) is 207 Å². The zero-order valence-corrected chi connectivity index (χ0v) is 51.9. The third-order valence-electron chi connectivity index (χ3n) is 13.5. The summed E-state index contributed by atoms with van der Waals surface area (Å²) in [5.74, 6) is -6.25. The van der Waals surface area contributed by atoms with Crippen LogP contribution >= 0.6 is 0 Å². The number of carbonyl (C=O) groups is 5. The molecule has 4 atom stereocenters. The molecular weight excluding hydrogens is 1270 g/mol. The molecular formula is C58H85N11O26. The first-order valence-electron chi connectivity index (χ1n) is 29.2. The Labute approximate surface area is 542 Å². The first-order valence-corrected chi connectivity index (χ1v) is 29.2. The molecule has 5 amide bonds. The molecule has 0 aliphatic rings. The average molecular weight is 1350 g/mol. The molecule has 95 heavy (non-hydrogen) atoms. The van der Waals surface area contributed by atoms with Crippen molar-refractivity contribution in [2.75, 3.05) is 46.9 Å². The minimum Gasteiger partial charge on any atom is -0.512 e. The van der Waals surface area contributed by atoms with Gasteiger partial charge in [-0.05, 0) is 51.4 Å². The molecule has 4 unspecified atom stereocenters. The normalized spacial score (nSPS) is 12.7. The van der Waals surface area contributed by atoms with E-state index in [4.69, 9.17) is 49.6 Å². The zero-order chi connectivity index (χ0) is 70.7. The SMILES string of the molecule is CNC(=O)CCc1cn(CCCCCC(=O)NC(CCCNC(=O)c2c(O)c(=O)ccn2COCO/C=C/O)(CCCNC(=O)c2c(O)c(=O)ccn2COCO/C=C/O)CCCNC(=O)c2c(O)c(=O)ccn2CC(O)C(O)C(O)C(O)CO)nn1.O/C=C/O.O/C=C/O. The second kappa shape index (κ2) is 45.2. The van der Waals surface area contributed by atoms with Gasteiger partial charge in [0.15, 0.2) is 47.9 Å². The molecule has 0 spiro atoms. The van der Waals surface area contributed by atoms with Crippen LogP contribution in [0.5, 0.6) is 17.2 Å². The Morgan fingerprint density at radius 2 is 1.00 bits per heavy atom. The Kier molecular flexibility index (Phi) is 38.5. The lowest BCUT2D eigenvalue weighted by molar-refractivity contribution is -0.123. The van der Waals surface area contributed by atoms with Crippen molar-refractivity contribution in [3.05, 3.63) is 147 Å². The summed E-state index contributed by atoms with van der Waals surface area (Å²) in [5, 5.41) is 152. The van der Waals surface area contributed by atoms with Gasteiger partial charge in [0.1, 0.15) is 88.0 Å². The molecule has 4 aromatic heterocycles. The van der Waals surface area contributed by atoms with Gasteiger partial charge in [-0.15, -0.1) is 5.10 Å². The van der Waals surface area contributed by atoms with Crippen molar-refractivity contribution < 1.29 is 114 Å². The van der Waals surface area contributed by atoms with E-state index in [0.717, 1.165) is 50.6 Å². The first kappa shape index (κ1) is 80.9. The van der Waals surface area contributed by atoms with Crippen LogP contribution in [0.25, 0.3) is 0 Å². The van der Waals surface area contributed by atoms with E-state index in [1.54, 1.807) is 10.9 Å². The fourth-order valence-electron chi connectivity index (χ4n) is 8.90. The fraction of sp³-hybridized carbons (Fsp3) is 0.483. The molecule has 0 aromatic carbocycles. The van der Waals surface area contributed by atoms with Gasteiger partial charge < -0.3 is 131 Å². The predicted molar refractivity (Wildman–Crippen MR) is 331 cm³/mol. The molecule has 0 aliphatic heterocycles. The summed E-state index contributed by atoms with van der Waals surface area (Å²) < 4.78 is 25.3.